The monoisotopic (exact) mass is 130 g/mol. The molecule has 0 saturated carbocycles. The largest absolute Gasteiger partial charge is 0.394 e. The molecule has 0 radical (unpaired) electrons. The van der Waals surface area contributed by atoms with Gasteiger partial charge in [0.25, 0.3) is 0 Å². The van der Waals surface area contributed by atoms with Gasteiger partial charge in [0.1, 0.15) is 0 Å². The Morgan fingerprint density at radius 1 is 1.38 bits per heavy atom. The molecule has 0 unspecified atom stereocenters. The molecule has 0 bridgehead atoms. The first-order valence-corrected chi connectivity index (χ1v) is 4.40. The minimum absolute atomic E-state index is 0.864. The van der Waals surface area contributed by atoms with Crippen LogP contribution in [-0.2, 0) is 8.85 Å². The molecule has 0 aromatic carbocycles. The van der Waals surface area contributed by atoms with Gasteiger partial charge in [0.15, 0.2) is 0 Å². The maximum atomic E-state index is 5.23. The molecule has 0 aromatic rings. The molecule has 0 amide bonds. The van der Waals surface area contributed by atoms with Gasteiger partial charge in [-0.25, -0.2) is 0 Å². The Bertz CT molecular complexity index is 78.5. The lowest BCUT2D eigenvalue weighted by Crippen LogP contribution is -2.27. The summed E-state index contributed by atoms with van der Waals surface area (Å²) in [7, 11) is -1.34. The van der Waals surface area contributed by atoms with Crippen LogP contribution >= 0.6 is 0 Å². The summed E-state index contributed by atoms with van der Waals surface area (Å²) in [6.45, 7) is 5.32. The Balaban J connectivity index is 2.22. The highest BCUT2D eigenvalue weighted by Crippen LogP contribution is 1.99. The molecule has 3 heteroatoms. The van der Waals surface area contributed by atoms with Gasteiger partial charge in [0.2, 0.25) is 0 Å². The molecule has 1 fully saturated rings. The van der Waals surface area contributed by atoms with Crippen LogP contribution in [0.1, 0.15) is 6.42 Å². The predicted molar refractivity (Wildman–Crippen MR) is 33.9 cm³/mol. The fourth-order valence-corrected chi connectivity index (χ4v) is 1.81. The number of rotatable bonds is 1. The highest BCUT2D eigenvalue weighted by molar-refractivity contribution is 6.50. The third-order valence-corrected chi connectivity index (χ3v) is 2.56. The Morgan fingerprint density at radius 2 is 2.00 bits per heavy atom. The van der Waals surface area contributed by atoms with Crippen LogP contribution in [0.2, 0.25) is 0 Å². The van der Waals surface area contributed by atoms with E-state index in [9.17, 15) is 0 Å². The zero-order valence-corrected chi connectivity index (χ0v) is 5.95. The Kier molecular flexibility index (Phi) is 2.26. The van der Waals surface area contributed by atoms with Crippen molar-refractivity contribution in [2.45, 2.75) is 6.42 Å². The lowest BCUT2D eigenvalue weighted by atomic mass is 10.5. The van der Waals surface area contributed by atoms with E-state index in [-0.39, 0.29) is 0 Å². The first kappa shape index (κ1) is 6.00. The van der Waals surface area contributed by atoms with Gasteiger partial charge in [-0.15, -0.1) is 6.58 Å². The highest BCUT2D eigenvalue weighted by Gasteiger charge is 2.11. The van der Waals surface area contributed by atoms with Crippen molar-refractivity contribution in [2.24, 2.45) is 0 Å². The van der Waals surface area contributed by atoms with Crippen LogP contribution in [0, 0.1) is 0 Å². The molecule has 0 aliphatic carbocycles. The van der Waals surface area contributed by atoms with Gasteiger partial charge >= 0.3 is 9.28 Å². The van der Waals surface area contributed by atoms with Gasteiger partial charge in [-0.1, -0.05) is 5.70 Å². The van der Waals surface area contributed by atoms with Crippen molar-refractivity contribution in [3.05, 3.63) is 12.3 Å². The molecular formula is C5H10O2Si. The van der Waals surface area contributed by atoms with Crippen molar-refractivity contribution in [3.8, 4) is 0 Å². The predicted octanol–water partition coefficient (Wildman–Crippen LogP) is 0.369. The molecule has 1 heterocycles. The fourth-order valence-electron chi connectivity index (χ4n) is 0.642. The molecule has 1 aliphatic heterocycles. The van der Waals surface area contributed by atoms with E-state index in [1.807, 2.05) is 0 Å². The first-order chi connectivity index (χ1) is 3.93. The van der Waals surface area contributed by atoms with E-state index in [0.29, 0.717) is 0 Å². The molecule has 0 spiro atoms. The summed E-state index contributed by atoms with van der Waals surface area (Å²) in [6.07, 6.45) is 1.04. The minimum Gasteiger partial charge on any atom is -0.394 e. The van der Waals surface area contributed by atoms with Crippen molar-refractivity contribution < 1.29 is 8.85 Å². The van der Waals surface area contributed by atoms with Crippen LogP contribution < -0.4 is 0 Å². The first-order valence-electron chi connectivity index (χ1n) is 2.79. The molecule has 0 aromatic heterocycles. The molecule has 8 heavy (non-hydrogen) atoms. The van der Waals surface area contributed by atoms with Crippen molar-refractivity contribution in [1.82, 2.24) is 0 Å². The van der Waals surface area contributed by atoms with E-state index in [4.69, 9.17) is 8.85 Å². The van der Waals surface area contributed by atoms with Crippen molar-refractivity contribution >= 4 is 9.28 Å². The van der Waals surface area contributed by atoms with E-state index in [1.54, 1.807) is 5.70 Å². The molecule has 1 aliphatic rings. The quantitative estimate of drug-likeness (QED) is 0.477. The average Bonchev–Trinajstić information content (AvgIpc) is 1.90. The van der Waals surface area contributed by atoms with Crippen LogP contribution in [0.5, 0.6) is 0 Å². The summed E-state index contributed by atoms with van der Waals surface area (Å²) in [5, 5.41) is 0. The van der Waals surface area contributed by atoms with Gasteiger partial charge in [0.05, 0.1) is 0 Å². The molecule has 1 saturated heterocycles. The van der Waals surface area contributed by atoms with E-state index >= 15 is 0 Å². The van der Waals surface area contributed by atoms with Crippen molar-refractivity contribution in [2.75, 3.05) is 13.2 Å². The average molecular weight is 130 g/mol. The maximum Gasteiger partial charge on any atom is 0.347 e. The lowest BCUT2D eigenvalue weighted by Gasteiger charge is -2.17. The third kappa shape index (κ3) is 1.43. The third-order valence-electron chi connectivity index (χ3n) is 1.05. The topological polar surface area (TPSA) is 18.5 Å². The lowest BCUT2D eigenvalue weighted by molar-refractivity contribution is 0.142. The molecule has 2 nitrogen and oxygen atoms in total. The van der Waals surface area contributed by atoms with E-state index < -0.39 is 9.28 Å². The SMILES string of the molecule is C=C[SiH]1OCCCO1. The molecule has 1 rings (SSSR count). The van der Waals surface area contributed by atoms with Crippen LogP contribution in [0.3, 0.4) is 0 Å². The number of hydrogen-bond acceptors (Lipinski definition) is 2. The second-order valence-corrected chi connectivity index (χ2v) is 3.57. The van der Waals surface area contributed by atoms with E-state index in [0.717, 1.165) is 19.6 Å². The van der Waals surface area contributed by atoms with Crippen molar-refractivity contribution in [3.63, 3.8) is 0 Å². The number of hydrogen-bond donors (Lipinski definition) is 0. The zero-order chi connectivity index (χ0) is 5.82. The summed E-state index contributed by atoms with van der Waals surface area (Å²) < 4.78 is 10.5. The fraction of sp³-hybridized carbons (Fsp3) is 0.600. The molecule has 0 N–H and O–H groups in total. The van der Waals surface area contributed by atoms with E-state index in [2.05, 4.69) is 6.58 Å². The van der Waals surface area contributed by atoms with Crippen LogP contribution in [0.25, 0.3) is 0 Å². The van der Waals surface area contributed by atoms with Crippen LogP contribution in [0.4, 0.5) is 0 Å². The normalized spacial score (nSPS) is 23.0. The molecule has 0 atom stereocenters. The van der Waals surface area contributed by atoms with Crippen molar-refractivity contribution in [1.29, 1.82) is 0 Å². The summed E-state index contributed by atoms with van der Waals surface area (Å²) in [5.41, 5.74) is 1.80. The van der Waals surface area contributed by atoms with Gasteiger partial charge < -0.3 is 8.85 Å². The van der Waals surface area contributed by atoms with Gasteiger partial charge in [-0.3, -0.25) is 0 Å². The molecule has 46 valence electrons. The highest BCUT2D eigenvalue weighted by atomic mass is 28.3. The Labute approximate surface area is 51.0 Å². The maximum absolute atomic E-state index is 5.23. The van der Waals surface area contributed by atoms with E-state index in [1.165, 1.54) is 0 Å². The van der Waals surface area contributed by atoms with Crippen LogP contribution in [-0.4, -0.2) is 22.5 Å². The summed E-state index contributed by atoms with van der Waals surface area (Å²) >= 11 is 0. The standard InChI is InChI=1S/C5H10O2Si/c1-2-8-6-4-3-5-7-8/h2,8H,1,3-5H2. The smallest absolute Gasteiger partial charge is 0.347 e. The Morgan fingerprint density at radius 3 is 2.38 bits per heavy atom. The minimum atomic E-state index is -1.34. The second kappa shape index (κ2) is 3.01. The van der Waals surface area contributed by atoms with Gasteiger partial charge in [-0.2, -0.15) is 0 Å². The summed E-state index contributed by atoms with van der Waals surface area (Å²) in [5.74, 6) is 0. The second-order valence-electron chi connectivity index (χ2n) is 1.70. The zero-order valence-electron chi connectivity index (χ0n) is 4.80. The van der Waals surface area contributed by atoms with Gasteiger partial charge in [-0.05, 0) is 6.42 Å². The van der Waals surface area contributed by atoms with Gasteiger partial charge in [0, 0.05) is 13.2 Å². The van der Waals surface area contributed by atoms with Crippen LogP contribution in [0.15, 0.2) is 12.3 Å². The summed E-state index contributed by atoms with van der Waals surface area (Å²) in [6, 6.07) is 0. The summed E-state index contributed by atoms with van der Waals surface area (Å²) in [4.78, 5) is 0. The Hall–Kier alpha value is -0.123. The molecular weight excluding hydrogens is 120 g/mol.